The minimum atomic E-state index is -0.0275. The maximum absolute atomic E-state index is 13.1. The van der Waals surface area contributed by atoms with Crippen LogP contribution in [0.2, 0.25) is 0 Å². The van der Waals surface area contributed by atoms with E-state index < -0.39 is 0 Å². The van der Waals surface area contributed by atoms with E-state index in [2.05, 4.69) is 20.5 Å². The van der Waals surface area contributed by atoms with E-state index in [1.54, 1.807) is 13.3 Å². The highest BCUT2D eigenvalue weighted by Crippen LogP contribution is 2.31. The van der Waals surface area contributed by atoms with Crippen molar-refractivity contribution in [2.75, 3.05) is 40.0 Å². The summed E-state index contributed by atoms with van der Waals surface area (Å²) in [6.07, 6.45) is 3.78. The normalized spacial score (nSPS) is 20.7. The van der Waals surface area contributed by atoms with Crippen LogP contribution >= 0.6 is 0 Å². The Morgan fingerprint density at radius 1 is 1.35 bits per heavy atom. The monoisotopic (exact) mass is 356 g/mol. The van der Waals surface area contributed by atoms with Gasteiger partial charge >= 0.3 is 0 Å². The number of ether oxygens (including phenoxy) is 2. The Labute approximate surface area is 153 Å². The lowest BCUT2D eigenvalue weighted by Gasteiger charge is -2.38. The second-order valence-corrected chi connectivity index (χ2v) is 6.70. The molecular weight excluding hydrogens is 332 g/mol. The van der Waals surface area contributed by atoms with E-state index >= 15 is 0 Å². The van der Waals surface area contributed by atoms with Crippen LogP contribution < -0.4 is 4.74 Å². The molecule has 138 valence electrons. The van der Waals surface area contributed by atoms with Gasteiger partial charge in [-0.15, -0.1) is 0 Å². The molecule has 2 aliphatic heterocycles. The molecule has 26 heavy (non-hydrogen) atoms. The number of hydrogen-bond donors (Lipinski definition) is 0. The number of carbonyl (C=O) groups is 1. The Morgan fingerprint density at radius 2 is 2.19 bits per heavy atom. The molecule has 4 rings (SSSR count). The van der Waals surface area contributed by atoms with E-state index in [0.717, 1.165) is 30.2 Å². The Balaban J connectivity index is 1.59. The average Bonchev–Trinajstić information content (AvgIpc) is 3.15. The zero-order chi connectivity index (χ0) is 17.9. The fraction of sp³-hybridized carbons (Fsp3) is 0.474. The molecule has 1 amide bonds. The molecule has 7 nitrogen and oxygen atoms in total. The molecule has 1 fully saturated rings. The summed E-state index contributed by atoms with van der Waals surface area (Å²) in [7, 11) is 1.66. The van der Waals surface area contributed by atoms with Crippen LogP contribution in [-0.4, -0.2) is 65.2 Å². The summed E-state index contributed by atoms with van der Waals surface area (Å²) in [5.41, 5.74) is 1.08. The molecule has 1 aromatic heterocycles. The largest absolute Gasteiger partial charge is 0.497 e. The highest BCUT2D eigenvalue weighted by Gasteiger charge is 2.32. The van der Waals surface area contributed by atoms with Crippen LogP contribution in [0.5, 0.6) is 5.75 Å². The van der Waals surface area contributed by atoms with Gasteiger partial charge in [0.05, 0.1) is 39.5 Å². The van der Waals surface area contributed by atoms with Crippen LogP contribution in [-0.2, 0) is 22.6 Å². The van der Waals surface area contributed by atoms with Gasteiger partial charge in [-0.3, -0.25) is 9.69 Å². The van der Waals surface area contributed by atoms with Crippen molar-refractivity contribution in [3.8, 4) is 5.75 Å². The minimum Gasteiger partial charge on any atom is -0.497 e. The summed E-state index contributed by atoms with van der Waals surface area (Å²) in [5, 5.41) is 0. The van der Waals surface area contributed by atoms with Gasteiger partial charge in [-0.05, 0) is 17.7 Å². The van der Waals surface area contributed by atoms with Crippen molar-refractivity contribution >= 4 is 5.91 Å². The van der Waals surface area contributed by atoms with Gasteiger partial charge < -0.3 is 18.9 Å². The summed E-state index contributed by atoms with van der Waals surface area (Å²) in [6, 6.07) is 7.95. The molecule has 0 spiro atoms. The fourth-order valence-electron chi connectivity index (χ4n) is 3.64. The molecule has 1 saturated heterocycles. The van der Waals surface area contributed by atoms with Gasteiger partial charge in [0.15, 0.2) is 0 Å². The van der Waals surface area contributed by atoms with E-state index in [0.29, 0.717) is 32.8 Å². The second kappa shape index (κ2) is 7.47. The predicted molar refractivity (Wildman–Crippen MR) is 95.8 cm³/mol. The van der Waals surface area contributed by atoms with Gasteiger partial charge in [-0.2, -0.15) is 0 Å². The first-order valence-electron chi connectivity index (χ1n) is 8.98. The van der Waals surface area contributed by atoms with Gasteiger partial charge in [-0.25, -0.2) is 4.98 Å². The zero-order valence-electron chi connectivity index (χ0n) is 15.0. The molecule has 1 unspecified atom stereocenters. The summed E-state index contributed by atoms with van der Waals surface area (Å²) in [4.78, 5) is 21.6. The SMILES string of the molecule is COc1cccc(C2Cn3ccnc3CN2C(=O)CN2CCOCC2)c1. The summed E-state index contributed by atoms with van der Waals surface area (Å²) >= 11 is 0. The first-order chi connectivity index (χ1) is 12.7. The van der Waals surface area contributed by atoms with Crippen molar-refractivity contribution in [1.29, 1.82) is 0 Å². The summed E-state index contributed by atoms with van der Waals surface area (Å²) in [6.45, 7) is 4.64. The number of carbonyl (C=O) groups excluding carboxylic acids is 1. The number of benzene rings is 1. The molecule has 1 aromatic carbocycles. The maximum Gasteiger partial charge on any atom is 0.237 e. The third kappa shape index (κ3) is 3.45. The lowest BCUT2D eigenvalue weighted by Crippen LogP contribution is -2.48. The molecule has 0 radical (unpaired) electrons. The van der Waals surface area contributed by atoms with Crippen molar-refractivity contribution < 1.29 is 14.3 Å². The summed E-state index contributed by atoms with van der Waals surface area (Å²) in [5.74, 6) is 1.87. The van der Waals surface area contributed by atoms with Gasteiger partial charge in [-0.1, -0.05) is 12.1 Å². The molecule has 3 heterocycles. The fourth-order valence-corrected chi connectivity index (χ4v) is 3.64. The lowest BCUT2D eigenvalue weighted by atomic mass is 10.0. The van der Waals surface area contributed by atoms with E-state index in [1.807, 2.05) is 29.3 Å². The zero-order valence-corrected chi connectivity index (χ0v) is 15.0. The number of rotatable bonds is 4. The quantitative estimate of drug-likeness (QED) is 0.827. The van der Waals surface area contributed by atoms with Gasteiger partial charge in [0.25, 0.3) is 0 Å². The third-order valence-electron chi connectivity index (χ3n) is 5.12. The van der Waals surface area contributed by atoms with E-state index in [9.17, 15) is 4.79 Å². The standard InChI is InChI=1S/C19H24N4O3/c1-25-16-4-2-3-15(11-16)17-12-22-6-5-20-18(22)13-23(17)19(24)14-21-7-9-26-10-8-21/h2-6,11,17H,7-10,12-14H2,1H3. The first-order valence-corrected chi connectivity index (χ1v) is 8.98. The number of fused-ring (bicyclic) bond motifs is 1. The van der Waals surface area contributed by atoms with Gasteiger partial charge in [0.2, 0.25) is 5.91 Å². The minimum absolute atomic E-state index is 0.0275. The highest BCUT2D eigenvalue weighted by atomic mass is 16.5. The molecular formula is C19H24N4O3. The Bertz CT molecular complexity index is 770. The van der Waals surface area contributed by atoms with Crippen molar-refractivity contribution in [2.24, 2.45) is 0 Å². The number of aromatic nitrogens is 2. The maximum atomic E-state index is 13.1. The highest BCUT2D eigenvalue weighted by molar-refractivity contribution is 5.79. The van der Waals surface area contributed by atoms with E-state index in [4.69, 9.17) is 9.47 Å². The topological polar surface area (TPSA) is 59.8 Å². The second-order valence-electron chi connectivity index (χ2n) is 6.70. The molecule has 1 atom stereocenters. The smallest absolute Gasteiger partial charge is 0.237 e. The van der Waals surface area contributed by atoms with Crippen LogP contribution in [0.15, 0.2) is 36.7 Å². The Hall–Kier alpha value is -2.38. The van der Waals surface area contributed by atoms with Crippen molar-refractivity contribution in [2.45, 2.75) is 19.1 Å². The van der Waals surface area contributed by atoms with Crippen molar-refractivity contribution in [1.82, 2.24) is 19.4 Å². The summed E-state index contributed by atoms with van der Waals surface area (Å²) < 4.78 is 12.9. The number of methoxy groups -OCH3 is 1. The Kier molecular flexibility index (Phi) is 4.90. The molecule has 0 aliphatic carbocycles. The molecule has 2 aliphatic rings. The van der Waals surface area contributed by atoms with Crippen LogP contribution in [0.3, 0.4) is 0 Å². The molecule has 0 bridgehead atoms. The van der Waals surface area contributed by atoms with Gasteiger partial charge in [0.1, 0.15) is 11.6 Å². The van der Waals surface area contributed by atoms with Crippen LogP contribution in [0.1, 0.15) is 17.4 Å². The van der Waals surface area contributed by atoms with E-state index in [1.165, 1.54) is 0 Å². The van der Waals surface area contributed by atoms with Crippen LogP contribution in [0.4, 0.5) is 0 Å². The number of hydrogen-bond acceptors (Lipinski definition) is 5. The third-order valence-corrected chi connectivity index (χ3v) is 5.12. The molecule has 2 aromatic rings. The molecule has 0 saturated carbocycles. The van der Waals surface area contributed by atoms with Crippen LogP contribution in [0.25, 0.3) is 0 Å². The van der Waals surface area contributed by atoms with Crippen molar-refractivity contribution in [3.63, 3.8) is 0 Å². The first kappa shape index (κ1) is 17.1. The number of nitrogens with zero attached hydrogens (tertiary/aromatic N) is 4. The average molecular weight is 356 g/mol. The number of amides is 1. The predicted octanol–water partition coefficient (Wildman–Crippen LogP) is 1.31. The van der Waals surface area contributed by atoms with E-state index in [-0.39, 0.29) is 11.9 Å². The number of imidazole rings is 1. The molecule has 7 heteroatoms. The molecule has 0 N–H and O–H groups in total. The van der Waals surface area contributed by atoms with Gasteiger partial charge in [0, 0.05) is 32.0 Å². The van der Waals surface area contributed by atoms with Crippen LogP contribution in [0, 0.1) is 0 Å². The Morgan fingerprint density at radius 3 is 3.00 bits per heavy atom. The van der Waals surface area contributed by atoms with Crippen molar-refractivity contribution in [3.05, 3.63) is 48.0 Å². The lowest BCUT2D eigenvalue weighted by molar-refractivity contribution is -0.138. The number of morpholine rings is 1.